The van der Waals surface area contributed by atoms with Gasteiger partial charge >= 0.3 is 5.97 Å². The van der Waals surface area contributed by atoms with E-state index in [-0.39, 0.29) is 23.7 Å². The maximum absolute atomic E-state index is 12.0. The predicted molar refractivity (Wildman–Crippen MR) is 76.9 cm³/mol. The first kappa shape index (κ1) is 14.2. The van der Waals surface area contributed by atoms with Gasteiger partial charge in [-0.1, -0.05) is 0 Å². The average Bonchev–Trinajstić information content (AvgIpc) is 2.91. The van der Waals surface area contributed by atoms with Crippen LogP contribution in [0.15, 0.2) is 18.2 Å². The van der Waals surface area contributed by atoms with Crippen molar-refractivity contribution in [3.8, 4) is 0 Å². The second-order valence-corrected chi connectivity index (χ2v) is 5.02. The van der Waals surface area contributed by atoms with Crippen molar-refractivity contribution in [2.24, 2.45) is 0 Å². The number of amides is 1. The third-order valence-electron chi connectivity index (χ3n) is 3.54. The number of carbonyl (C=O) groups excluding carboxylic acids is 1. The van der Waals surface area contributed by atoms with Crippen molar-refractivity contribution in [1.82, 2.24) is 4.90 Å². The molecule has 20 heavy (non-hydrogen) atoms. The lowest BCUT2D eigenvalue weighted by atomic mass is 10.1. The minimum atomic E-state index is -1.05. The van der Waals surface area contributed by atoms with Crippen LogP contribution in [0.4, 0.5) is 11.4 Å². The van der Waals surface area contributed by atoms with E-state index in [1.54, 1.807) is 24.1 Å². The van der Waals surface area contributed by atoms with E-state index >= 15 is 0 Å². The quantitative estimate of drug-likeness (QED) is 0.803. The monoisotopic (exact) mass is 277 g/mol. The fourth-order valence-corrected chi connectivity index (χ4v) is 2.34. The molecule has 0 saturated carbocycles. The average molecular weight is 277 g/mol. The van der Waals surface area contributed by atoms with Crippen molar-refractivity contribution in [3.05, 3.63) is 23.8 Å². The van der Waals surface area contributed by atoms with Gasteiger partial charge in [-0.05, 0) is 31.0 Å². The van der Waals surface area contributed by atoms with Crippen LogP contribution in [0.1, 0.15) is 23.2 Å². The van der Waals surface area contributed by atoms with Crippen LogP contribution in [-0.4, -0.2) is 48.6 Å². The van der Waals surface area contributed by atoms with Crippen molar-refractivity contribution in [3.63, 3.8) is 0 Å². The molecule has 1 aromatic carbocycles. The molecule has 1 aliphatic rings. The van der Waals surface area contributed by atoms with Crippen LogP contribution in [0.5, 0.6) is 0 Å². The molecule has 1 amide bonds. The molecule has 3 N–H and O–H groups in total. The van der Waals surface area contributed by atoms with E-state index in [9.17, 15) is 9.59 Å². The SMILES string of the molecule is CN(CC(=O)N1CCCC1)c1ccc(C(=O)O)c(N)c1. The van der Waals surface area contributed by atoms with Crippen LogP contribution >= 0.6 is 0 Å². The van der Waals surface area contributed by atoms with Crippen molar-refractivity contribution in [2.75, 3.05) is 37.3 Å². The summed E-state index contributed by atoms with van der Waals surface area (Å²) in [4.78, 5) is 26.6. The standard InChI is InChI=1S/C14H19N3O3/c1-16(9-13(18)17-6-2-3-7-17)10-4-5-11(14(19)20)12(15)8-10/h4-5,8H,2-3,6-7,9,15H2,1H3,(H,19,20). The van der Waals surface area contributed by atoms with E-state index in [1.807, 2.05) is 4.90 Å². The predicted octanol–water partition coefficient (Wildman–Crippen LogP) is 1.03. The van der Waals surface area contributed by atoms with Gasteiger partial charge in [-0.15, -0.1) is 0 Å². The van der Waals surface area contributed by atoms with Gasteiger partial charge in [0, 0.05) is 31.5 Å². The molecule has 2 rings (SSSR count). The number of carboxylic acid groups (broad SMARTS) is 1. The van der Waals surface area contributed by atoms with E-state index in [0.29, 0.717) is 0 Å². The molecule has 0 bridgehead atoms. The maximum atomic E-state index is 12.0. The van der Waals surface area contributed by atoms with Crippen LogP contribution in [0, 0.1) is 0 Å². The minimum Gasteiger partial charge on any atom is -0.478 e. The van der Waals surface area contributed by atoms with E-state index in [0.717, 1.165) is 31.6 Å². The van der Waals surface area contributed by atoms with Gasteiger partial charge in [0.2, 0.25) is 5.91 Å². The highest BCUT2D eigenvalue weighted by atomic mass is 16.4. The molecule has 1 aromatic rings. The highest BCUT2D eigenvalue weighted by molar-refractivity contribution is 5.94. The topological polar surface area (TPSA) is 86.9 Å². The van der Waals surface area contributed by atoms with Gasteiger partial charge in [-0.2, -0.15) is 0 Å². The number of rotatable bonds is 4. The third kappa shape index (κ3) is 3.01. The van der Waals surface area contributed by atoms with Crippen LogP contribution in [0.25, 0.3) is 0 Å². The number of nitrogen functional groups attached to an aromatic ring is 1. The molecule has 0 aromatic heterocycles. The fourth-order valence-electron chi connectivity index (χ4n) is 2.34. The molecule has 6 nitrogen and oxygen atoms in total. The summed E-state index contributed by atoms with van der Waals surface area (Å²) in [5, 5.41) is 8.93. The lowest BCUT2D eigenvalue weighted by molar-refractivity contribution is -0.128. The molecule has 1 fully saturated rings. The summed E-state index contributed by atoms with van der Waals surface area (Å²) in [6, 6.07) is 4.71. The lowest BCUT2D eigenvalue weighted by Crippen LogP contribution is -2.37. The lowest BCUT2D eigenvalue weighted by Gasteiger charge is -2.23. The number of likely N-dealkylation sites (N-methyl/N-ethyl adjacent to an activating group) is 1. The van der Waals surface area contributed by atoms with Crippen molar-refractivity contribution < 1.29 is 14.7 Å². The van der Waals surface area contributed by atoms with E-state index < -0.39 is 5.97 Å². The number of hydrogen-bond acceptors (Lipinski definition) is 4. The van der Waals surface area contributed by atoms with E-state index in [2.05, 4.69) is 0 Å². The summed E-state index contributed by atoms with van der Waals surface area (Å²) in [5.41, 5.74) is 6.73. The number of carboxylic acids is 1. The Labute approximate surface area is 117 Å². The van der Waals surface area contributed by atoms with Crippen LogP contribution in [-0.2, 0) is 4.79 Å². The Morgan fingerprint density at radius 1 is 1.35 bits per heavy atom. The molecular formula is C14H19N3O3. The van der Waals surface area contributed by atoms with Gasteiger partial charge in [0.05, 0.1) is 12.1 Å². The Morgan fingerprint density at radius 3 is 2.55 bits per heavy atom. The normalized spacial score (nSPS) is 14.3. The molecule has 1 aliphatic heterocycles. The Hall–Kier alpha value is -2.24. The number of hydrogen-bond donors (Lipinski definition) is 2. The second kappa shape index (κ2) is 5.81. The highest BCUT2D eigenvalue weighted by Gasteiger charge is 2.19. The van der Waals surface area contributed by atoms with Crippen LogP contribution in [0.3, 0.4) is 0 Å². The number of anilines is 2. The van der Waals surface area contributed by atoms with Crippen molar-refractivity contribution in [1.29, 1.82) is 0 Å². The zero-order valence-corrected chi connectivity index (χ0v) is 11.5. The molecule has 0 spiro atoms. The Bertz CT molecular complexity index is 524. The number of benzene rings is 1. The summed E-state index contributed by atoms with van der Waals surface area (Å²) < 4.78 is 0. The minimum absolute atomic E-state index is 0.0769. The number of aromatic carboxylic acids is 1. The summed E-state index contributed by atoms with van der Waals surface area (Å²) >= 11 is 0. The molecule has 6 heteroatoms. The van der Waals surface area contributed by atoms with Gasteiger partial charge in [0.1, 0.15) is 0 Å². The molecular weight excluding hydrogens is 258 g/mol. The second-order valence-electron chi connectivity index (χ2n) is 5.02. The van der Waals surface area contributed by atoms with Gasteiger partial charge < -0.3 is 20.6 Å². The number of carbonyl (C=O) groups is 2. The molecule has 1 saturated heterocycles. The Kier molecular flexibility index (Phi) is 4.12. The summed E-state index contributed by atoms with van der Waals surface area (Å²) in [6.45, 7) is 1.92. The summed E-state index contributed by atoms with van der Waals surface area (Å²) in [7, 11) is 1.79. The van der Waals surface area contributed by atoms with E-state index in [1.165, 1.54) is 6.07 Å². The molecule has 0 atom stereocenters. The third-order valence-corrected chi connectivity index (χ3v) is 3.54. The van der Waals surface area contributed by atoms with Gasteiger partial charge in [0.15, 0.2) is 0 Å². The number of nitrogens with zero attached hydrogens (tertiary/aromatic N) is 2. The first-order valence-electron chi connectivity index (χ1n) is 6.61. The molecule has 108 valence electrons. The summed E-state index contributed by atoms with van der Waals surface area (Å²) in [5.74, 6) is -0.962. The zero-order chi connectivity index (χ0) is 14.7. The Morgan fingerprint density at radius 2 is 2.00 bits per heavy atom. The van der Waals surface area contributed by atoms with E-state index in [4.69, 9.17) is 10.8 Å². The molecule has 1 heterocycles. The molecule has 0 radical (unpaired) electrons. The fraction of sp³-hybridized carbons (Fsp3) is 0.429. The van der Waals surface area contributed by atoms with Gasteiger partial charge in [-0.25, -0.2) is 4.79 Å². The van der Waals surface area contributed by atoms with Crippen LogP contribution in [0.2, 0.25) is 0 Å². The number of nitrogens with two attached hydrogens (primary N) is 1. The highest BCUT2D eigenvalue weighted by Crippen LogP contribution is 2.21. The van der Waals surface area contributed by atoms with Crippen molar-refractivity contribution >= 4 is 23.3 Å². The van der Waals surface area contributed by atoms with Gasteiger partial charge in [-0.3, -0.25) is 4.79 Å². The van der Waals surface area contributed by atoms with Gasteiger partial charge in [0.25, 0.3) is 0 Å². The smallest absolute Gasteiger partial charge is 0.337 e. The first-order valence-corrected chi connectivity index (χ1v) is 6.61. The molecule has 0 unspecified atom stereocenters. The maximum Gasteiger partial charge on any atom is 0.337 e. The van der Waals surface area contributed by atoms with Crippen LogP contribution < -0.4 is 10.6 Å². The zero-order valence-electron chi connectivity index (χ0n) is 11.5. The molecule has 0 aliphatic carbocycles. The Balaban J connectivity index is 2.05. The largest absolute Gasteiger partial charge is 0.478 e. The van der Waals surface area contributed by atoms with Crippen molar-refractivity contribution in [2.45, 2.75) is 12.8 Å². The first-order chi connectivity index (χ1) is 9.49. The number of likely N-dealkylation sites (tertiary alicyclic amines) is 1. The summed E-state index contributed by atoms with van der Waals surface area (Å²) in [6.07, 6.45) is 2.13.